The van der Waals surface area contributed by atoms with E-state index in [1.54, 1.807) is 6.07 Å². The zero-order valence-corrected chi connectivity index (χ0v) is 10.2. The Morgan fingerprint density at radius 1 is 1.29 bits per heavy atom. The molecule has 1 fully saturated rings. The van der Waals surface area contributed by atoms with Crippen molar-refractivity contribution in [3.05, 3.63) is 34.3 Å². The Hall–Kier alpha value is -0.740. The summed E-state index contributed by atoms with van der Waals surface area (Å²) < 4.78 is 38.1. The molecule has 1 aliphatic rings. The first kappa shape index (κ1) is 12.7. The van der Waals surface area contributed by atoms with Gasteiger partial charge in [-0.1, -0.05) is 31.5 Å². The fourth-order valence-electron chi connectivity index (χ4n) is 2.27. The summed E-state index contributed by atoms with van der Waals surface area (Å²) >= 11 is 5.56. The molecule has 0 bridgehead atoms. The predicted molar refractivity (Wildman–Crippen MR) is 61.0 cm³/mol. The number of nitrogens with two attached hydrogens (primary N) is 1. The van der Waals surface area contributed by atoms with Crippen molar-refractivity contribution in [2.24, 2.45) is 11.1 Å². The van der Waals surface area contributed by atoms with Gasteiger partial charge in [0.05, 0.1) is 10.6 Å². The lowest BCUT2D eigenvalue weighted by Crippen LogP contribution is -2.08. The fourth-order valence-corrected chi connectivity index (χ4v) is 2.49. The first-order valence-electron chi connectivity index (χ1n) is 5.28. The van der Waals surface area contributed by atoms with E-state index in [4.69, 9.17) is 17.3 Å². The van der Waals surface area contributed by atoms with Gasteiger partial charge < -0.3 is 5.73 Å². The third kappa shape index (κ3) is 2.04. The molecule has 0 spiro atoms. The Labute approximate surface area is 103 Å². The van der Waals surface area contributed by atoms with Crippen LogP contribution in [-0.4, -0.2) is 6.04 Å². The van der Waals surface area contributed by atoms with E-state index < -0.39 is 11.7 Å². The van der Waals surface area contributed by atoms with Gasteiger partial charge in [-0.05, 0) is 23.1 Å². The Kier molecular flexibility index (Phi) is 2.71. The molecule has 1 aromatic rings. The fraction of sp³-hybridized carbons (Fsp3) is 0.500. The van der Waals surface area contributed by atoms with E-state index in [1.165, 1.54) is 6.07 Å². The molecule has 1 aliphatic carbocycles. The summed E-state index contributed by atoms with van der Waals surface area (Å²) in [6.07, 6.45) is -4.42. The molecule has 0 amide bonds. The van der Waals surface area contributed by atoms with E-state index in [1.807, 2.05) is 13.8 Å². The molecule has 0 unspecified atom stereocenters. The second kappa shape index (κ2) is 3.62. The molecule has 1 aromatic carbocycles. The molecule has 1 nitrogen and oxygen atoms in total. The van der Waals surface area contributed by atoms with Crippen molar-refractivity contribution in [1.29, 1.82) is 0 Å². The van der Waals surface area contributed by atoms with Crippen LogP contribution in [0.3, 0.4) is 0 Å². The van der Waals surface area contributed by atoms with Crippen LogP contribution in [0, 0.1) is 5.41 Å². The normalized spacial score (nSPS) is 27.0. The first-order valence-corrected chi connectivity index (χ1v) is 5.65. The summed E-state index contributed by atoms with van der Waals surface area (Å²) in [5.74, 6) is -0.0270. The molecule has 0 heterocycles. The van der Waals surface area contributed by atoms with Crippen molar-refractivity contribution in [3.8, 4) is 0 Å². The van der Waals surface area contributed by atoms with Crippen LogP contribution in [0.25, 0.3) is 0 Å². The Bertz CT molecular complexity index is 454. The largest absolute Gasteiger partial charge is 0.417 e. The van der Waals surface area contributed by atoms with Crippen molar-refractivity contribution in [1.82, 2.24) is 0 Å². The SMILES string of the molecule is CC1(C)[C@H](N)[C@H]1c1ccc(Cl)c(C(F)(F)F)c1. The van der Waals surface area contributed by atoms with E-state index in [2.05, 4.69) is 0 Å². The van der Waals surface area contributed by atoms with Crippen molar-refractivity contribution in [3.63, 3.8) is 0 Å². The van der Waals surface area contributed by atoms with Crippen LogP contribution < -0.4 is 5.73 Å². The van der Waals surface area contributed by atoms with Gasteiger partial charge >= 0.3 is 6.18 Å². The highest BCUT2D eigenvalue weighted by atomic mass is 35.5. The van der Waals surface area contributed by atoms with Crippen LogP contribution in [0.1, 0.15) is 30.9 Å². The Balaban J connectivity index is 2.40. The molecule has 94 valence electrons. The molecule has 0 radical (unpaired) electrons. The summed E-state index contributed by atoms with van der Waals surface area (Å²) in [5.41, 5.74) is 5.54. The number of hydrogen-bond donors (Lipinski definition) is 1. The summed E-state index contributed by atoms with van der Waals surface area (Å²) in [5, 5.41) is -0.270. The molecular formula is C12H13ClF3N. The van der Waals surface area contributed by atoms with E-state index in [9.17, 15) is 13.2 Å². The number of benzene rings is 1. The predicted octanol–water partition coefficient (Wildman–Crippen LogP) is 3.81. The van der Waals surface area contributed by atoms with Crippen LogP contribution in [-0.2, 0) is 6.18 Å². The Morgan fingerprint density at radius 2 is 1.82 bits per heavy atom. The molecule has 5 heteroatoms. The summed E-state index contributed by atoms with van der Waals surface area (Å²) in [6, 6.07) is 3.93. The smallest absolute Gasteiger partial charge is 0.327 e. The van der Waals surface area contributed by atoms with Crippen molar-refractivity contribution >= 4 is 11.6 Å². The van der Waals surface area contributed by atoms with Crippen LogP contribution in [0.15, 0.2) is 18.2 Å². The number of alkyl halides is 3. The van der Waals surface area contributed by atoms with Gasteiger partial charge in [-0.3, -0.25) is 0 Å². The van der Waals surface area contributed by atoms with Gasteiger partial charge in [-0.2, -0.15) is 13.2 Å². The highest BCUT2D eigenvalue weighted by Crippen LogP contribution is 2.57. The molecule has 0 aliphatic heterocycles. The standard InChI is InChI=1S/C12H13ClF3N/c1-11(2)9(10(11)17)6-3-4-8(13)7(5-6)12(14,15)16/h3-5,9-10H,17H2,1-2H3/t9-,10-/m1/s1. The zero-order valence-electron chi connectivity index (χ0n) is 9.48. The lowest BCUT2D eigenvalue weighted by Gasteiger charge is -2.11. The maximum absolute atomic E-state index is 12.7. The molecule has 0 aromatic heterocycles. The van der Waals surface area contributed by atoms with Crippen molar-refractivity contribution < 1.29 is 13.2 Å². The van der Waals surface area contributed by atoms with Gasteiger partial charge in [-0.15, -0.1) is 0 Å². The van der Waals surface area contributed by atoms with E-state index in [0.29, 0.717) is 5.56 Å². The Morgan fingerprint density at radius 3 is 2.24 bits per heavy atom. The topological polar surface area (TPSA) is 26.0 Å². The monoisotopic (exact) mass is 263 g/mol. The molecule has 1 saturated carbocycles. The van der Waals surface area contributed by atoms with Crippen LogP contribution in [0.2, 0.25) is 5.02 Å². The van der Waals surface area contributed by atoms with Crippen molar-refractivity contribution in [2.45, 2.75) is 32.0 Å². The molecule has 2 N–H and O–H groups in total. The van der Waals surface area contributed by atoms with E-state index >= 15 is 0 Å². The van der Waals surface area contributed by atoms with Gasteiger partial charge in [0.15, 0.2) is 0 Å². The second-order valence-electron chi connectivity index (χ2n) is 5.06. The third-order valence-corrected chi connectivity index (χ3v) is 3.90. The molecule has 2 atom stereocenters. The molecule has 2 rings (SSSR count). The van der Waals surface area contributed by atoms with Gasteiger partial charge in [0.25, 0.3) is 0 Å². The number of hydrogen-bond acceptors (Lipinski definition) is 1. The number of rotatable bonds is 1. The summed E-state index contributed by atoms with van der Waals surface area (Å²) in [4.78, 5) is 0. The maximum Gasteiger partial charge on any atom is 0.417 e. The summed E-state index contributed by atoms with van der Waals surface area (Å²) in [6.45, 7) is 3.90. The lowest BCUT2D eigenvalue weighted by molar-refractivity contribution is -0.137. The zero-order chi connectivity index (χ0) is 13.0. The van der Waals surface area contributed by atoms with Crippen molar-refractivity contribution in [2.75, 3.05) is 0 Å². The molecular weight excluding hydrogens is 251 g/mol. The minimum Gasteiger partial charge on any atom is -0.327 e. The van der Waals surface area contributed by atoms with Gasteiger partial charge in [0, 0.05) is 12.0 Å². The summed E-state index contributed by atoms with van der Waals surface area (Å²) in [7, 11) is 0. The quantitative estimate of drug-likeness (QED) is 0.819. The van der Waals surface area contributed by atoms with Gasteiger partial charge in [0.2, 0.25) is 0 Å². The minimum atomic E-state index is -4.42. The lowest BCUT2D eigenvalue weighted by atomic mass is 10.0. The first-order chi connectivity index (χ1) is 7.65. The number of halogens is 4. The average Bonchev–Trinajstić information content (AvgIpc) is 2.66. The van der Waals surface area contributed by atoms with E-state index in [0.717, 1.165) is 6.07 Å². The van der Waals surface area contributed by atoms with Crippen LogP contribution >= 0.6 is 11.6 Å². The third-order valence-electron chi connectivity index (χ3n) is 3.57. The van der Waals surface area contributed by atoms with E-state index in [-0.39, 0.29) is 22.4 Å². The van der Waals surface area contributed by atoms with Gasteiger partial charge in [-0.25, -0.2) is 0 Å². The highest BCUT2D eigenvalue weighted by Gasteiger charge is 2.56. The van der Waals surface area contributed by atoms with Crippen LogP contribution in [0.5, 0.6) is 0 Å². The second-order valence-corrected chi connectivity index (χ2v) is 5.47. The van der Waals surface area contributed by atoms with Gasteiger partial charge in [0.1, 0.15) is 0 Å². The highest BCUT2D eigenvalue weighted by molar-refractivity contribution is 6.31. The average molecular weight is 264 g/mol. The maximum atomic E-state index is 12.7. The van der Waals surface area contributed by atoms with Crippen LogP contribution in [0.4, 0.5) is 13.2 Å². The minimum absolute atomic E-state index is 0.0270. The molecule has 17 heavy (non-hydrogen) atoms. The molecule has 0 saturated heterocycles.